The van der Waals surface area contributed by atoms with E-state index in [9.17, 15) is 14.3 Å². The van der Waals surface area contributed by atoms with Gasteiger partial charge < -0.3 is 14.6 Å². The fraction of sp³-hybridized carbons (Fsp3) is 0.632. The maximum atomic E-state index is 13.5. The van der Waals surface area contributed by atoms with E-state index < -0.39 is 11.7 Å². The number of carbonyl (C=O) groups is 1. The van der Waals surface area contributed by atoms with Gasteiger partial charge in [0.1, 0.15) is 11.4 Å². The van der Waals surface area contributed by atoms with Crippen molar-refractivity contribution < 1.29 is 19.0 Å². The molecule has 1 aromatic carbocycles. The number of rotatable bonds is 10. The van der Waals surface area contributed by atoms with Crippen LogP contribution < -0.4 is 0 Å². The summed E-state index contributed by atoms with van der Waals surface area (Å²) in [6, 6.07) is 4.94. The van der Waals surface area contributed by atoms with E-state index in [2.05, 4.69) is 6.92 Å². The molecular weight excluding hydrogens is 295 g/mol. The summed E-state index contributed by atoms with van der Waals surface area (Å²) in [5.74, 6) is -0.244. The summed E-state index contributed by atoms with van der Waals surface area (Å²) < 4.78 is 19.5. The minimum atomic E-state index is -1.53. The Kier molecular flexibility index (Phi) is 7.86. The zero-order valence-electron chi connectivity index (χ0n) is 14.6. The molecule has 1 rings (SSSR count). The average Bonchev–Trinajstić information content (AvgIpc) is 2.52. The molecule has 3 unspecified atom stereocenters. The summed E-state index contributed by atoms with van der Waals surface area (Å²) >= 11 is 0. The van der Waals surface area contributed by atoms with Crippen molar-refractivity contribution in [3.05, 3.63) is 35.1 Å². The summed E-state index contributed by atoms with van der Waals surface area (Å²) in [5, 5.41) is 10.0. The molecule has 0 aliphatic rings. The van der Waals surface area contributed by atoms with Crippen molar-refractivity contribution in [3.63, 3.8) is 0 Å². The zero-order chi connectivity index (χ0) is 17.5. The molecule has 1 N–H and O–H groups in total. The highest BCUT2D eigenvalue weighted by Gasteiger charge is 2.31. The average molecular weight is 324 g/mol. The Morgan fingerprint density at radius 3 is 2.61 bits per heavy atom. The first-order chi connectivity index (χ1) is 10.8. The lowest BCUT2D eigenvalue weighted by atomic mass is 9.98. The number of unbranched alkanes of at least 4 members (excludes halogenated alkanes) is 3. The third-order valence-electron chi connectivity index (χ3n) is 4.30. The molecule has 0 saturated carbocycles. The SMILES string of the molecule is CCCCCCC(OC(C)C(C)(O)C=O)c1ccc(F)c(C)c1. The molecule has 3 nitrogen and oxygen atoms in total. The van der Waals surface area contributed by atoms with Gasteiger partial charge in [-0.25, -0.2) is 4.39 Å². The van der Waals surface area contributed by atoms with Crippen LogP contribution in [0.5, 0.6) is 0 Å². The first kappa shape index (κ1) is 19.8. The van der Waals surface area contributed by atoms with Gasteiger partial charge in [-0.1, -0.05) is 44.7 Å². The lowest BCUT2D eigenvalue weighted by molar-refractivity contribution is -0.146. The van der Waals surface area contributed by atoms with Crippen molar-refractivity contribution in [1.82, 2.24) is 0 Å². The summed E-state index contributed by atoms with van der Waals surface area (Å²) in [4.78, 5) is 11.0. The highest BCUT2D eigenvalue weighted by Crippen LogP contribution is 2.29. The maximum Gasteiger partial charge on any atom is 0.153 e. The van der Waals surface area contributed by atoms with Crippen LogP contribution in [0.25, 0.3) is 0 Å². The van der Waals surface area contributed by atoms with Crippen molar-refractivity contribution in [1.29, 1.82) is 0 Å². The second-order valence-corrected chi connectivity index (χ2v) is 6.47. The van der Waals surface area contributed by atoms with Crippen LogP contribution in [-0.4, -0.2) is 23.1 Å². The molecule has 0 bridgehead atoms. The third-order valence-corrected chi connectivity index (χ3v) is 4.30. The molecule has 0 aliphatic carbocycles. The number of aldehydes is 1. The molecule has 0 fully saturated rings. The van der Waals surface area contributed by atoms with Gasteiger partial charge >= 0.3 is 0 Å². The summed E-state index contributed by atoms with van der Waals surface area (Å²) in [6.45, 7) is 7.00. The molecule has 0 aliphatic heterocycles. The first-order valence-electron chi connectivity index (χ1n) is 8.42. The van der Waals surface area contributed by atoms with E-state index in [1.165, 1.54) is 13.0 Å². The number of aryl methyl sites for hydroxylation is 1. The van der Waals surface area contributed by atoms with E-state index in [0.717, 1.165) is 37.7 Å². The van der Waals surface area contributed by atoms with Gasteiger partial charge in [0.2, 0.25) is 0 Å². The van der Waals surface area contributed by atoms with Crippen LogP contribution in [0.2, 0.25) is 0 Å². The summed E-state index contributed by atoms with van der Waals surface area (Å²) in [6.07, 6.45) is 4.80. The Labute approximate surface area is 138 Å². The van der Waals surface area contributed by atoms with Gasteiger partial charge in [0, 0.05) is 0 Å². The van der Waals surface area contributed by atoms with Crippen LogP contribution in [0.15, 0.2) is 18.2 Å². The standard InChI is InChI=1S/C19H29FO3/c1-5-6-7-8-9-18(23-15(3)19(4,22)13-21)16-10-11-17(20)14(2)12-16/h10-13,15,18,22H,5-9H2,1-4H3. The maximum absolute atomic E-state index is 13.5. The highest BCUT2D eigenvalue weighted by atomic mass is 19.1. The molecule has 0 radical (unpaired) electrons. The molecule has 23 heavy (non-hydrogen) atoms. The Hall–Kier alpha value is -1.26. The Morgan fingerprint density at radius 2 is 2.04 bits per heavy atom. The fourth-order valence-electron chi connectivity index (χ4n) is 2.42. The second kappa shape index (κ2) is 9.14. The van der Waals surface area contributed by atoms with Crippen LogP contribution in [0, 0.1) is 12.7 Å². The molecule has 4 heteroatoms. The van der Waals surface area contributed by atoms with Crippen LogP contribution in [0.1, 0.15) is 70.1 Å². The van der Waals surface area contributed by atoms with Crippen molar-refractivity contribution in [2.24, 2.45) is 0 Å². The van der Waals surface area contributed by atoms with Gasteiger partial charge in [-0.15, -0.1) is 0 Å². The van der Waals surface area contributed by atoms with Crippen LogP contribution in [0.4, 0.5) is 4.39 Å². The molecule has 3 atom stereocenters. The normalized spacial score (nSPS) is 16.6. The smallest absolute Gasteiger partial charge is 0.153 e. The van der Waals surface area contributed by atoms with Crippen molar-refractivity contribution >= 4 is 6.29 Å². The number of ether oxygens (including phenoxy) is 1. The second-order valence-electron chi connectivity index (χ2n) is 6.47. The number of halogens is 1. The minimum absolute atomic E-state index is 0.244. The van der Waals surface area contributed by atoms with E-state index in [-0.39, 0.29) is 11.9 Å². The van der Waals surface area contributed by atoms with E-state index in [4.69, 9.17) is 4.74 Å². The Balaban J connectivity index is 2.87. The summed E-state index contributed by atoms with van der Waals surface area (Å²) in [5.41, 5.74) is -0.0788. The minimum Gasteiger partial charge on any atom is -0.380 e. The molecule has 0 spiro atoms. The van der Waals surface area contributed by atoms with E-state index in [1.807, 2.05) is 0 Å². The van der Waals surface area contributed by atoms with Crippen molar-refractivity contribution in [2.45, 2.75) is 77.6 Å². The molecule has 1 aromatic rings. The molecular formula is C19H29FO3. The van der Waals surface area contributed by atoms with Crippen molar-refractivity contribution in [2.75, 3.05) is 0 Å². The molecule has 0 amide bonds. The monoisotopic (exact) mass is 324 g/mol. The van der Waals surface area contributed by atoms with Gasteiger partial charge in [0.15, 0.2) is 6.29 Å². The first-order valence-corrected chi connectivity index (χ1v) is 8.42. The lowest BCUT2D eigenvalue weighted by Gasteiger charge is -2.30. The van der Waals surface area contributed by atoms with Crippen LogP contribution in [0.3, 0.4) is 0 Å². The number of hydrogen-bond donors (Lipinski definition) is 1. The highest BCUT2D eigenvalue weighted by molar-refractivity contribution is 5.62. The van der Waals surface area contributed by atoms with E-state index >= 15 is 0 Å². The zero-order valence-corrected chi connectivity index (χ0v) is 14.6. The largest absolute Gasteiger partial charge is 0.380 e. The van der Waals surface area contributed by atoms with Gasteiger partial charge in [-0.2, -0.15) is 0 Å². The van der Waals surface area contributed by atoms with Gasteiger partial charge in [-0.05, 0) is 44.4 Å². The summed E-state index contributed by atoms with van der Waals surface area (Å²) in [7, 11) is 0. The fourth-order valence-corrected chi connectivity index (χ4v) is 2.42. The number of hydrogen-bond acceptors (Lipinski definition) is 3. The quantitative estimate of drug-likeness (QED) is 0.509. The van der Waals surface area contributed by atoms with Crippen LogP contribution in [-0.2, 0) is 9.53 Å². The van der Waals surface area contributed by atoms with E-state index in [0.29, 0.717) is 11.8 Å². The third kappa shape index (κ3) is 6.04. The number of carbonyl (C=O) groups excluding carboxylic acids is 1. The Bertz CT molecular complexity index is 499. The van der Waals surface area contributed by atoms with Crippen LogP contribution >= 0.6 is 0 Å². The number of benzene rings is 1. The lowest BCUT2D eigenvalue weighted by Crippen LogP contribution is -2.41. The number of aliphatic hydroxyl groups is 1. The van der Waals surface area contributed by atoms with Gasteiger partial charge in [0.25, 0.3) is 0 Å². The molecule has 130 valence electrons. The molecule has 0 heterocycles. The van der Waals surface area contributed by atoms with Gasteiger partial charge in [-0.3, -0.25) is 0 Å². The van der Waals surface area contributed by atoms with Gasteiger partial charge in [0.05, 0.1) is 12.2 Å². The predicted octanol–water partition coefficient (Wildman–Crippen LogP) is 4.50. The van der Waals surface area contributed by atoms with E-state index in [1.54, 1.807) is 26.0 Å². The topological polar surface area (TPSA) is 46.5 Å². The van der Waals surface area contributed by atoms with Crippen molar-refractivity contribution in [3.8, 4) is 0 Å². The molecule has 0 saturated heterocycles. The Morgan fingerprint density at radius 1 is 1.35 bits per heavy atom. The predicted molar refractivity (Wildman–Crippen MR) is 89.9 cm³/mol. The molecule has 0 aromatic heterocycles.